The van der Waals surface area contributed by atoms with Crippen molar-refractivity contribution in [3.8, 4) is 0 Å². The van der Waals surface area contributed by atoms with Gasteiger partial charge in [-0.25, -0.2) is 4.79 Å². The lowest BCUT2D eigenvalue weighted by atomic mass is 9.94. The molecular formula is C22H29ClN4O2. The summed E-state index contributed by atoms with van der Waals surface area (Å²) in [6, 6.07) is 16.9. The van der Waals surface area contributed by atoms with Crippen LogP contribution in [0.25, 0.3) is 0 Å². The molecule has 0 bridgehead atoms. The van der Waals surface area contributed by atoms with Gasteiger partial charge in [-0.3, -0.25) is 4.79 Å². The second-order valence-electron chi connectivity index (χ2n) is 7.34. The van der Waals surface area contributed by atoms with Gasteiger partial charge in [-0.15, -0.1) is 12.4 Å². The van der Waals surface area contributed by atoms with E-state index >= 15 is 0 Å². The van der Waals surface area contributed by atoms with Crippen LogP contribution in [-0.2, 0) is 4.79 Å². The predicted molar refractivity (Wildman–Crippen MR) is 118 cm³/mol. The molecule has 1 aliphatic heterocycles. The van der Waals surface area contributed by atoms with Crippen molar-refractivity contribution >= 4 is 30.0 Å². The van der Waals surface area contributed by atoms with Crippen molar-refractivity contribution in [2.24, 2.45) is 11.7 Å². The molecule has 1 heterocycles. The van der Waals surface area contributed by atoms with Gasteiger partial charge in [0.15, 0.2) is 0 Å². The van der Waals surface area contributed by atoms with E-state index in [9.17, 15) is 9.59 Å². The lowest BCUT2D eigenvalue weighted by Gasteiger charge is -2.36. The second-order valence-corrected chi connectivity index (χ2v) is 7.34. The Hall–Kier alpha value is -2.57. The summed E-state index contributed by atoms with van der Waals surface area (Å²) in [5.41, 5.74) is 9.13. The summed E-state index contributed by atoms with van der Waals surface area (Å²) in [5, 5.41) is 2.92. The van der Waals surface area contributed by atoms with E-state index in [1.807, 2.05) is 73.3 Å². The van der Waals surface area contributed by atoms with Crippen LogP contribution in [0.4, 0.5) is 10.5 Å². The second kappa shape index (κ2) is 10.3. The highest BCUT2D eigenvalue weighted by Gasteiger charge is 2.30. The number of hydrogen-bond donors (Lipinski definition) is 2. The number of halogens is 1. The first-order valence-corrected chi connectivity index (χ1v) is 9.67. The smallest absolute Gasteiger partial charge is 0.321 e. The summed E-state index contributed by atoms with van der Waals surface area (Å²) in [5.74, 6) is -0.273. The van der Waals surface area contributed by atoms with Crippen molar-refractivity contribution < 1.29 is 9.59 Å². The number of hydrogen-bond acceptors (Lipinski definition) is 3. The Morgan fingerprint density at radius 2 is 1.59 bits per heavy atom. The molecule has 29 heavy (non-hydrogen) atoms. The van der Waals surface area contributed by atoms with Crippen molar-refractivity contribution in [1.82, 2.24) is 9.80 Å². The van der Waals surface area contributed by atoms with E-state index in [1.54, 1.807) is 4.90 Å². The Bertz CT molecular complexity index is 823. The number of amides is 3. The maximum absolute atomic E-state index is 12.8. The fourth-order valence-electron chi connectivity index (χ4n) is 3.46. The summed E-state index contributed by atoms with van der Waals surface area (Å²) in [6.07, 6.45) is 0. The number of rotatable bonds is 4. The molecule has 6 nitrogen and oxygen atoms in total. The first-order chi connectivity index (χ1) is 13.5. The molecule has 2 unspecified atom stereocenters. The quantitative estimate of drug-likeness (QED) is 0.801. The maximum Gasteiger partial charge on any atom is 0.321 e. The third kappa shape index (κ3) is 5.71. The number of carbonyl (C=O) groups excluding carboxylic acids is 2. The van der Waals surface area contributed by atoms with E-state index < -0.39 is 0 Å². The molecule has 2 aromatic rings. The molecule has 0 spiro atoms. The van der Waals surface area contributed by atoms with Crippen molar-refractivity contribution in [3.05, 3.63) is 65.7 Å². The Morgan fingerprint density at radius 3 is 2.21 bits per heavy atom. The Morgan fingerprint density at radius 1 is 0.966 bits per heavy atom. The zero-order valence-electron chi connectivity index (χ0n) is 16.9. The Labute approximate surface area is 178 Å². The van der Waals surface area contributed by atoms with Crippen molar-refractivity contribution in [3.63, 3.8) is 0 Å². The van der Waals surface area contributed by atoms with Crippen LogP contribution >= 0.6 is 12.4 Å². The Kier molecular flexibility index (Phi) is 8.05. The normalized spacial score (nSPS) is 15.8. The number of anilines is 1. The van der Waals surface area contributed by atoms with E-state index in [2.05, 4.69) is 5.32 Å². The fraction of sp³-hybridized carbons (Fsp3) is 0.364. The average molecular weight is 417 g/mol. The van der Waals surface area contributed by atoms with E-state index in [0.29, 0.717) is 26.2 Å². The zero-order valence-corrected chi connectivity index (χ0v) is 17.7. The molecule has 3 amide bonds. The van der Waals surface area contributed by atoms with Gasteiger partial charge in [-0.2, -0.15) is 0 Å². The number of urea groups is 1. The van der Waals surface area contributed by atoms with Gasteiger partial charge < -0.3 is 20.9 Å². The molecule has 7 heteroatoms. The van der Waals surface area contributed by atoms with Crippen LogP contribution in [0, 0.1) is 12.8 Å². The molecule has 1 saturated heterocycles. The topological polar surface area (TPSA) is 78.7 Å². The fourth-order valence-corrected chi connectivity index (χ4v) is 3.46. The van der Waals surface area contributed by atoms with Crippen LogP contribution in [0.3, 0.4) is 0 Å². The maximum atomic E-state index is 12.8. The molecule has 0 aromatic heterocycles. The molecule has 0 aliphatic carbocycles. The average Bonchev–Trinajstić information content (AvgIpc) is 2.73. The third-order valence-electron chi connectivity index (χ3n) is 5.26. The van der Waals surface area contributed by atoms with Gasteiger partial charge in [0.25, 0.3) is 0 Å². The number of aryl methyl sites for hydroxylation is 1. The highest BCUT2D eigenvalue weighted by atomic mass is 35.5. The van der Waals surface area contributed by atoms with Crippen LogP contribution in [0.5, 0.6) is 0 Å². The van der Waals surface area contributed by atoms with Crippen LogP contribution in [-0.4, -0.2) is 47.9 Å². The highest BCUT2D eigenvalue weighted by Crippen LogP contribution is 2.22. The van der Waals surface area contributed by atoms with Crippen LogP contribution < -0.4 is 11.1 Å². The predicted octanol–water partition coefficient (Wildman–Crippen LogP) is 3.43. The lowest BCUT2D eigenvalue weighted by molar-refractivity contribution is -0.137. The van der Waals surface area contributed by atoms with Gasteiger partial charge in [0, 0.05) is 37.9 Å². The van der Waals surface area contributed by atoms with Gasteiger partial charge in [-0.05, 0) is 30.2 Å². The molecule has 156 valence electrons. The molecule has 3 N–H and O–H groups in total. The minimum absolute atomic E-state index is 0. The van der Waals surface area contributed by atoms with E-state index in [0.717, 1.165) is 16.8 Å². The van der Waals surface area contributed by atoms with Crippen molar-refractivity contribution in [2.75, 3.05) is 31.5 Å². The minimum atomic E-state index is -0.337. The van der Waals surface area contributed by atoms with Crippen molar-refractivity contribution in [2.45, 2.75) is 19.9 Å². The van der Waals surface area contributed by atoms with Gasteiger partial charge >= 0.3 is 6.03 Å². The standard InChI is InChI=1S/C22H28N4O2.ClH/c1-16-7-6-10-19(15-16)24-22(28)26-13-11-25(12-14-26)21(27)17(2)20(23)18-8-4-3-5-9-18;/h3-10,15,17,20H,11-14,23H2,1-2H3,(H,24,28);1H. The molecule has 1 fully saturated rings. The number of nitrogens with one attached hydrogen (secondary N) is 1. The first-order valence-electron chi connectivity index (χ1n) is 9.67. The van der Waals surface area contributed by atoms with Gasteiger partial charge in [0.1, 0.15) is 0 Å². The first kappa shape index (κ1) is 22.7. The summed E-state index contributed by atoms with van der Waals surface area (Å²) in [7, 11) is 0. The minimum Gasteiger partial charge on any atom is -0.339 e. The summed E-state index contributed by atoms with van der Waals surface area (Å²) >= 11 is 0. The third-order valence-corrected chi connectivity index (χ3v) is 5.26. The monoisotopic (exact) mass is 416 g/mol. The summed E-state index contributed by atoms with van der Waals surface area (Å²) < 4.78 is 0. The largest absolute Gasteiger partial charge is 0.339 e. The summed E-state index contributed by atoms with van der Waals surface area (Å²) in [4.78, 5) is 28.9. The molecular weight excluding hydrogens is 388 g/mol. The molecule has 2 aromatic carbocycles. The molecule has 3 rings (SSSR count). The number of carbonyl (C=O) groups is 2. The van der Waals surface area contributed by atoms with E-state index in [4.69, 9.17) is 5.73 Å². The van der Waals surface area contributed by atoms with Crippen LogP contribution in [0.2, 0.25) is 0 Å². The SMILES string of the molecule is Cc1cccc(NC(=O)N2CCN(C(=O)C(C)C(N)c3ccccc3)CC2)c1.Cl. The Balaban J connectivity index is 0.00000300. The number of nitrogens with zero attached hydrogens (tertiary/aromatic N) is 2. The van der Waals surface area contributed by atoms with Crippen molar-refractivity contribution in [1.29, 1.82) is 0 Å². The molecule has 2 atom stereocenters. The van der Waals surface area contributed by atoms with Gasteiger partial charge in [0.2, 0.25) is 5.91 Å². The molecule has 0 saturated carbocycles. The van der Waals surface area contributed by atoms with Crippen LogP contribution in [0.1, 0.15) is 24.1 Å². The highest BCUT2D eigenvalue weighted by molar-refractivity contribution is 5.89. The van der Waals surface area contributed by atoms with Gasteiger partial charge in [0.05, 0.1) is 5.92 Å². The van der Waals surface area contributed by atoms with Gasteiger partial charge in [-0.1, -0.05) is 49.4 Å². The number of benzene rings is 2. The van der Waals surface area contributed by atoms with Crippen LogP contribution in [0.15, 0.2) is 54.6 Å². The van der Waals surface area contributed by atoms with E-state index in [-0.39, 0.29) is 36.3 Å². The summed E-state index contributed by atoms with van der Waals surface area (Å²) in [6.45, 7) is 5.92. The number of piperazine rings is 1. The van der Waals surface area contributed by atoms with E-state index in [1.165, 1.54) is 0 Å². The lowest BCUT2D eigenvalue weighted by Crippen LogP contribution is -2.53. The number of nitrogens with two attached hydrogens (primary N) is 1. The zero-order chi connectivity index (χ0) is 20.1. The molecule has 0 radical (unpaired) electrons. The molecule has 1 aliphatic rings.